The molecule has 0 bridgehead atoms. The largest absolute Gasteiger partial charge is 0.493 e. The fraction of sp³-hybridized carbons (Fsp3) is 0.125. The zero-order valence-corrected chi connectivity index (χ0v) is 10.4. The summed E-state index contributed by atoms with van der Waals surface area (Å²) < 4.78 is 5.45. The fourth-order valence-electron chi connectivity index (χ4n) is 2.09. The first-order valence-electron chi connectivity index (χ1n) is 6.21. The lowest BCUT2D eigenvalue weighted by atomic mass is 10.1. The molecule has 0 unspecified atom stereocenters. The number of carbonyl (C=O) groups is 1. The van der Waals surface area contributed by atoms with Gasteiger partial charge in [-0.25, -0.2) is 0 Å². The lowest BCUT2D eigenvalue weighted by molar-refractivity contribution is 0.104. The number of carbonyl (C=O) groups excluding carboxylic acids is 1. The molecule has 19 heavy (non-hydrogen) atoms. The zero-order chi connectivity index (χ0) is 13.1. The maximum Gasteiger partial charge on any atom is 0.185 e. The van der Waals surface area contributed by atoms with Gasteiger partial charge in [-0.3, -0.25) is 9.78 Å². The zero-order valence-electron chi connectivity index (χ0n) is 10.4. The Labute approximate surface area is 111 Å². The summed E-state index contributed by atoms with van der Waals surface area (Å²) in [6.45, 7) is 0.748. The van der Waals surface area contributed by atoms with Gasteiger partial charge in [0.1, 0.15) is 5.75 Å². The molecular weight excluding hydrogens is 238 g/mol. The maximum absolute atomic E-state index is 11.9. The molecule has 0 N–H and O–H groups in total. The van der Waals surface area contributed by atoms with E-state index in [-0.39, 0.29) is 5.78 Å². The van der Waals surface area contributed by atoms with Crippen LogP contribution in [0.4, 0.5) is 0 Å². The number of ether oxygens (including phenoxy) is 1. The molecule has 94 valence electrons. The first kappa shape index (κ1) is 11.7. The molecule has 2 aromatic rings. The molecule has 1 aromatic heterocycles. The summed E-state index contributed by atoms with van der Waals surface area (Å²) in [6.07, 6.45) is 7.60. The van der Waals surface area contributed by atoms with Gasteiger partial charge >= 0.3 is 0 Å². The quantitative estimate of drug-likeness (QED) is 0.622. The van der Waals surface area contributed by atoms with Gasteiger partial charge in [0.25, 0.3) is 0 Å². The van der Waals surface area contributed by atoms with Crippen LogP contribution in [0.1, 0.15) is 21.5 Å². The summed E-state index contributed by atoms with van der Waals surface area (Å²) in [5.41, 5.74) is 2.88. The van der Waals surface area contributed by atoms with Crippen molar-refractivity contribution in [2.24, 2.45) is 0 Å². The van der Waals surface area contributed by atoms with Crippen LogP contribution >= 0.6 is 0 Å². The third kappa shape index (κ3) is 2.55. The number of benzene rings is 1. The van der Waals surface area contributed by atoms with Crippen LogP contribution in [0.2, 0.25) is 0 Å². The minimum Gasteiger partial charge on any atom is -0.493 e. The van der Waals surface area contributed by atoms with Gasteiger partial charge in [0.15, 0.2) is 5.78 Å². The Morgan fingerprint density at radius 1 is 1.21 bits per heavy atom. The summed E-state index contributed by atoms with van der Waals surface area (Å²) >= 11 is 0. The van der Waals surface area contributed by atoms with Gasteiger partial charge in [-0.05, 0) is 41.5 Å². The van der Waals surface area contributed by atoms with Gasteiger partial charge in [0.2, 0.25) is 0 Å². The van der Waals surface area contributed by atoms with Gasteiger partial charge in [-0.15, -0.1) is 0 Å². The predicted molar refractivity (Wildman–Crippen MR) is 73.2 cm³/mol. The summed E-state index contributed by atoms with van der Waals surface area (Å²) in [7, 11) is 0. The number of ketones is 1. The van der Waals surface area contributed by atoms with E-state index in [0.29, 0.717) is 5.56 Å². The normalized spacial score (nSPS) is 13.3. The van der Waals surface area contributed by atoms with Crippen molar-refractivity contribution in [1.29, 1.82) is 0 Å². The van der Waals surface area contributed by atoms with Gasteiger partial charge in [0, 0.05) is 24.4 Å². The van der Waals surface area contributed by atoms with Crippen molar-refractivity contribution in [3.63, 3.8) is 0 Å². The molecule has 3 heteroatoms. The molecule has 0 aliphatic carbocycles. The first-order chi connectivity index (χ1) is 9.33. The van der Waals surface area contributed by atoms with Gasteiger partial charge in [0.05, 0.1) is 6.61 Å². The summed E-state index contributed by atoms with van der Waals surface area (Å²) in [6, 6.07) is 9.41. The third-order valence-electron chi connectivity index (χ3n) is 3.11. The number of allylic oxidation sites excluding steroid dienone is 1. The Kier molecular flexibility index (Phi) is 3.11. The number of fused-ring (bicyclic) bond motifs is 1. The number of hydrogen-bond donors (Lipinski definition) is 0. The molecule has 0 amide bonds. The first-order valence-corrected chi connectivity index (χ1v) is 6.21. The number of pyridine rings is 1. The van der Waals surface area contributed by atoms with Crippen LogP contribution in [0.25, 0.3) is 6.08 Å². The highest BCUT2D eigenvalue weighted by molar-refractivity contribution is 6.06. The highest BCUT2D eigenvalue weighted by Gasteiger charge is 2.11. The molecule has 1 aliphatic rings. The number of nitrogens with zero attached hydrogens (tertiary/aromatic N) is 1. The van der Waals surface area contributed by atoms with Gasteiger partial charge < -0.3 is 4.74 Å². The number of hydrogen-bond acceptors (Lipinski definition) is 3. The van der Waals surface area contributed by atoms with Crippen LogP contribution < -0.4 is 4.74 Å². The minimum atomic E-state index is -0.0147. The molecule has 2 heterocycles. The molecule has 0 fully saturated rings. The number of aromatic nitrogens is 1. The van der Waals surface area contributed by atoms with Crippen molar-refractivity contribution >= 4 is 11.9 Å². The van der Waals surface area contributed by atoms with Crippen molar-refractivity contribution in [2.75, 3.05) is 6.61 Å². The SMILES string of the molecule is O=C(/C=C/c1ccc2c(c1)CCO2)c1ccncc1. The molecule has 1 aromatic carbocycles. The van der Waals surface area contributed by atoms with E-state index in [4.69, 9.17) is 4.74 Å². The van der Waals surface area contributed by atoms with E-state index >= 15 is 0 Å². The molecule has 1 aliphatic heterocycles. The Morgan fingerprint density at radius 2 is 2.05 bits per heavy atom. The lowest BCUT2D eigenvalue weighted by Crippen LogP contribution is -1.93. The van der Waals surface area contributed by atoms with Crippen molar-refractivity contribution in [1.82, 2.24) is 4.98 Å². The van der Waals surface area contributed by atoms with E-state index in [0.717, 1.165) is 24.3 Å². The molecule has 0 spiro atoms. The lowest BCUT2D eigenvalue weighted by Gasteiger charge is -1.99. The summed E-state index contributed by atoms with van der Waals surface area (Å²) in [5.74, 6) is 0.941. The van der Waals surface area contributed by atoms with Gasteiger partial charge in [-0.1, -0.05) is 12.1 Å². The van der Waals surface area contributed by atoms with Crippen molar-refractivity contribution in [3.8, 4) is 5.75 Å². The number of rotatable bonds is 3. The van der Waals surface area contributed by atoms with Crippen molar-refractivity contribution < 1.29 is 9.53 Å². The van der Waals surface area contributed by atoms with Crippen LogP contribution in [-0.4, -0.2) is 17.4 Å². The van der Waals surface area contributed by atoms with E-state index in [1.165, 1.54) is 5.56 Å². The van der Waals surface area contributed by atoms with Gasteiger partial charge in [-0.2, -0.15) is 0 Å². The highest BCUT2D eigenvalue weighted by Crippen LogP contribution is 2.26. The minimum absolute atomic E-state index is 0.0147. The van der Waals surface area contributed by atoms with E-state index in [1.807, 2.05) is 18.2 Å². The van der Waals surface area contributed by atoms with E-state index in [1.54, 1.807) is 30.6 Å². The van der Waals surface area contributed by atoms with Crippen molar-refractivity contribution in [3.05, 3.63) is 65.5 Å². The van der Waals surface area contributed by atoms with Crippen LogP contribution in [0.15, 0.2) is 48.8 Å². The highest BCUT2D eigenvalue weighted by atomic mass is 16.5. The second-order valence-corrected chi connectivity index (χ2v) is 4.40. The molecule has 3 nitrogen and oxygen atoms in total. The van der Waals surface area contributed by atoms with Crippen LogP contribution in [0.3, 0.4) is 0 Å². The molecule has 3 rings (SSSR count). The Hall–Kier alpha value is -2.42. The van der Waals surface area contributed by atoms with Crippen molar-refractivity contribution in [2.45, 2.75) is 6.42 Å². The summed E-state index contributed by atoms with van der Waals surface area (Å²) in [5, 5.41) is 0. The van der Waals surface area contributed by atoms with E-state index < -0.39 is 0 Å². The fourth-order valence-corrected chi connectivity index (χ4v) is 2.09. The molecular formula is C16H13NO2. The maximum atomic E-state index is 11.9. The second-order valence-electron chi connectivity index (χ2n) is 4.40. The molecule has 0 saturated carbocycles. The topological polar surface area (TPSA) is 39.2 Å². The monoisotopic (exact) mass is 251 g/mol. The van der Waals surface area contributed by atoms with Crippen LogP contribution in [-0.2, 0) is 6.42 Å². The Morgan fingerprint density at radius 3 is 2.89 bits per heavy atom. The molecule has 0 saturated heterocycles. The van der Waals surface area contributed by atoms with Crippen LogP contribution in [0, 0.1) is 0 Å². The van der Waals surface area contributed by atoms with Crippen LogP contribution in [0.5, 0.6) is 5.75 Å². The Bertz CT molecular complexity index is 632. The Balaban J connectivity index is 1.78. The van der Waals surface area contributed by atoms with E-state index in [2.05, 4.69) is 11.1 Å². The second kappa shape index (κ2) is 5.06. The predicted octanol–water partition coefficient (Wildman–Crippen LogP) is 2.91. The molecule has 0 radical (unpaired) electrons. The average Bonchev–Trinajstić information content (AvgIpc) is 2.93. The molecule has 0 atom stereocenters. The summed E-state index contributed by atoms with van der Waals surface area (Å²) in [4.78, 5) is 15.8. The average molecular weight is 251 g/mol. The van der Waals surface area contributed by atoms with E-state index in [9.17, 15) is 4.79 Å². The smallest absolute Gasteiger partial charge is 0.185 e. The standard InChI is InChI=1S/C16H13NO2/c18-15(13-5-8-17-9-6-13)3-1-12-2-4-16-14(11-12)7-10-19-16/h1-6,8-9,11H,7,10H2/b3-1+. The third-order valence-corrected chi connectivity index (χ3v) is 3.11.